The molecule has 0 saturated carbocycles. The Hall–Kier alpha value is -3.22. The third kappa shape index (κ3) is 3.50. The minimum absolute atomic E-state index is 0.323. The molecule has 2 aromatic heterocycles. The van der Waals surface area contributed by atoms with E-state index in [4.69, 9.17) is 0 Å². The number of rotatable bonds is 4. The second kappa shape index (κ2) is 6.72. The summed E-state index contributed by atoms with van der Waals surface area (Å²) >= 11 is 0. The van der Waals surface area contributed by atoms with Gasteiger partial charge in [-0.05, 0) is 49.7 Å². The summed E-state index contributed by atoms with van der Waals surface area (Å²) in [5.41, 5.74) is 2.21. The van der Waals surface area contributed by atoms with Crippen molar-refractivity contribution in [3.8, 4) is 0 Å². The number of aromatic nitrogens is 2. The number of halogens is 1. The Labute approximate surface area is 143 Å². The summed E-state index contributed by atoms with van der Waals surface area (Å²) < 4.78 is 14.8. The van der Waals surface area contributed by atoms with Crippen LogP contribution >= 0.6 is 0 Å². The zero-order chi connectivity index (χ0) is 18.0. The Morgan fingerprint density at radius 1 is 1.20 bits per heavy atom. The molecule has 2 N–H and O–H groups in total. The van der Waals surface area contributed by atoms with Gasteiger partial charge in [-0.15, -0.1) is 0 Å². The van der Waals surface area contributed by atoms with Crippen LogP contribution in [0.4, 0.5) is 10.1 Å². The standard InChI is InChI=1S/C18H17FN4O2/c1-11-6-7-13(19)10-15(11)22-17(24)12(2)21-18(25)16-5-3-4-14-8-9-20-23(14)16/h3-10,12H,1-2H3,(H,21,25)(H,22,24). The molecule has 0 spiro atoms. The van der Waals surface area contributed by atoms with Crippen molar-refractivity contribution in [2.24, 2.45) is 0 Å². The Balaban J connectivity index is 1.72. The topological polar surface area (TPSA) is 75.5 Å². The van der Waals surface area contributed by atoms with Crippen LogP contribution in [0.2, 0.25) is 0 Å². The van der Waals surface area contributed by atoms with Crippen LogP contribution in [0.25, 0.3) is 5.52 Å². The van der Waals surface area contributed by atoms with Crippen molar-refractivity contribution < 1.29 is 14.0 Å². The molecule has 0 radical (unpaired) electrons. The molecule has 1 aromatic carbocycles. The monoisotopic (exact) mass is 340 g/mol. The molecule has 1 atom stereocenters. The fourth-order valence-electron chi connectivity index (χ4n) is 2.43. The highest BCUT2D eigenvalue weighted by molar-refractivity contribution is 6.00. The molecule has 0 aliphatic rings. The minimum atomic E-state index is -0.805. The van der Waals surface area contributed by atoms with E-state index in [1.54, 1.807) is 44.3 Å². The molecule has 3 aromatic rings. The largest absolute Gasteiger partial charge is 0.339 e. The number of benzene rings is 1. The van der Waals surface area contributed by atoms with Crippen molar-refractivity contribution >= 4 is 23.0 Å². The van der Waals surface area contributed by atoms with Crippen molar-refractivity contribution in [3.05, 3.63) is 65.7 Å². The predicted octanol–water partition coefficient (Wildman–Crippen LogP) is 2.54. The fourth-order valence-corrected chi connectivity index (χ4v) is 2.43. The number of anilines is 1. The van der Waals surface area contributed by atoms with Crippen LogP contribution in [-0.2, 0) is 4.79 Å². The van der Waals surface area contributed by atoms with Gasteiger partial charge in [-0.25, -0.2) is 8.91 Å². The number of hydrogen-bond acceptors (Lipinski definition) is 3. The molecule has 0 saturated heterocycles. The van der Waals surface area contributed by atoms with E-state index in [-0.39, 0.29) is 0 Å². The van der Waals surface area contributed by atoms with Gasteiger partial charge in [0.2, 0.25) is 5.91 Å². The maximum absolute atomic E-state index is 13.3. The maximum atomic E-state index is 13.3. The van der Waals surface area contributed by atoms with Gasteiger partial charge in [-0.3, -0.25) is 9.59 Å². The first kappa shape index (κ1) is 16.6. The molecule has 0 aliphatic heterocycles. The highest BCUT2D eigenvalue weighted by atomic mass is 19.1. The SMILES string of the molecule is Cc1ccc(F)cc1NC(=O)C(C)NC(=O)c1cccc2ccnn12. The van der Waals surface area contributed by atoms with Gasteiger partial charge < -0.3 is 10.6 Å². The summed E-state index contributed by atoms with van der Waals surface area (Å²) in [5.74, 6) is -1.30. The molecule has 2 amide bonds. The number of nitrogens with zero attached hydrogens (tertiary/aromatic N) is 2. The molecule has 1 unspecified atom stereocenters. The van der Waals surface area contributed by atoms with E-state index in [1.807, 2.05) is 6.07 Å². The molecule has 25 heavy (non-hydrogen) atoms. The van der Waals surface area contributed by atoms with Gasteiger partial charge in [-0.2, -0.15) is 5.10 Å². The van der Waals surface area contributed by atoms with Crippen LogP contribution in [0, 0.1) is 12.7 Å². The third-order valence-electron chi connectivity index (χ3n) is 3.85. The molecule has 128 valence electrons. The van der Waals surface area contributed by atoms with Crippen LogP contribution in [0.1, 0.15) is 23.0 Å². The number of carbonyl (C=O) groups excluding carboxylic acids is 2. The quantitative estimate of drug-likeness (QED) is 0.766. The Morgan fingerprint density at radius 2 is 2.00 bits per heavy atom. The number of carbonyl (C=O) groups is 2. The van der Waals surface area contributed by atoms with E-state index < -0.39 is 23.7 Å². The maximum Gasteiger partial charge on any atom is 0.270 e. The van der Waals surface area contributed by atoms with Gasteiger partial charge in [0.1, 0.15) is 17.6 Å². The first-order valence-electron chi connectivity index (χ1n) is 7.76. The molecule has 0 bridgehead atoms. The molecule has 7 heteroatoms. The highest BCUT2D eigenvalue weighted by Gasteiger charge is 2.19. The number of amides is 2. The van der Waals surface area contributed by atoms with E-state index in [0.717, 1.165) is 11.1 Å². The number of fused-ring (bicyclic) bond motifs is 1. The lowest BCUT2D eigenvalue weighted by molar-refractivity contribution is -0.117. The lowest BCUT2D eigenvalue weighted by Crippen LogP contribution is -2.42. The highest BCUT2D eigenvalue weighted by Crippen LogP contribution is 2.16. The summed E-state index contributed by atoms with van der Waals surface area (Å²) in [7, 11) is 0. The fraction of sp³-hybridized carbons (Fsp3) is 0.167. The zero-order valence-electron chi connectivity index (χ0n) is 13.8. The van der Waals surface area contributed by atoms with Crippen molar-refractivity contribution in [1.29, 1.82) is 0 Å². The molecule has 6 nitrogen and oxygen atoms in total. The van der Waals surface area contributed by atoms with Crippen LogP contribution in [0.15, 0.2) is 48.7 Å². The van der Waals surface area contributed by atoms with E-state index in [2.05, 4.69) is 15.7 Å². The van der Waals surface area contributed by atoms with E-state index in [9.17, 15) is 14.0 Å². The van der Waals surface area contributed by atoms with Crippen molar-refractivity contribution in [3.63, 3.8) is 0 Å². The van der Waals surface area contributed by atoms with Crippen LogP contribution < -0.4 is 10.6 Å². The van der Waals surface area contributed by atoms with Crippen LogP contribution in [0.3, 0.4) is 0 Å². The summed E-state index contributed by atoms with van der Waals surface area (Å²) in [6.45, 7) is 3.32. The normalized spacial score (nSPS) is 12.0. The first-order valence-corrected chi connectivity index (χ1v) is 7.76. The smallest absolute Gasteiger partial charge is 0.270 e. The van der Waals surface area contributed by atoms with Gasteiger partial charge >= 0.3 is 0 Å². The summed E-state index contributed by atoms with van der Waals surface area (Å²) in [4.78, 5) is 24.7. The lowest BCUT2D eigenvalue weighted by Gasteiger charge is -2.15. The van der Waals surface area contributed by atoms with Gasteiger partial charge in [0.05, 0.1) is 11.7 Å². The lowest BCUT2D eigenvalue weighted by atomic mass is 10.2. The number of nitrogens with one attached hydrogen (secondary N) is 2. The molecular formula is C18H17FN4O2. The molecule has 0 fully saturated rings. The van der Waals surface area contributed by atoms with E-state index in [0.29, 0.717) is 11.4 Å². The van der Waals surface area contributed by atoms with Crippen LogP contribution in [0.5, 0.6) is 0 Å². The average Bonchev–Trinajstić information content (AvgIpc) is 3.06. The Kier molecular flexibility index (Phi) is 4.47. The summed E-state index contributed by atoms with van der Waals surface area (Å²) in [6.07, 6.45) is 1.59. The van der Waals surface area contributed by atoms with Gasteiger partial charge in [0.25, 0.3) is 5.91 Å². The van der Waals surface area contributed by atoms with Crippen molar-refractivity contribution in [1.82, 2.24) is 14.9 Å². The number of aryl methyl sites for hydroxylation is 1. The van der Waals surface area contributed by atoms with E-state index >= 15 is 0 Å². The van der Waals surface area contributed by atoms with Crippen molar-refractivity contribution in [2.45, 2.75) is 19.9 Å². The minimum Gasteiger partial charge on any atom is -0.339 e. The van der Waals surface area contributed by atoms with Gasteiger partial charge in [0.15, 0.2) is 0 Å². The molecular weight excluding hydrogens is 323 g/mol. The second-order valence-electron chi connectivity index (χ2n) is 5.72. The van der Waals surface area contributed by atoms with Crippen molar-refractivity contribution in [2.75, 3.05) is 5.32 Å². The number of hydrogen-bond donors (Lipinski definition) is 2. The Morgan fingerprint density at radius 3 is 2.80 bits per heavy atom. The van der Waals surface area contributed by atoms with E-state index in [1.165, 1.54) is 16.6 Å². The molecule has 0 aliphatic carbocycles. The third-order valence-corrected chi connectivity index (χ3v) is 3.85. The van der Waals surface area contributed by atoms with Crippen LogP contribution in [-0.4, -0.2) is 27.5 Å². The average molecular weight is 340 g/mol. The number of pyridine rings is 1. The first-order chi connectivity index (χ1) is 12.0. The van der Waals surface area contributed by atoms with Gasteiger partial charge in [0, 0.05) is 5.69 Å². The zero-order valence-corrected chi connectivity index (χ0v) is 13.8. The van der Waals surface area contributed by atoms with Gasteiger partial charge in [-0.1, -0.05) is 12.1 Å². The summed E-state index contributed by atoms with van der Waals surface area (Å²) in [5, 5.41) is 9.34. The summed E-state index contributed by atoms with van der Waals surface area (Å²) in [6, 6.07) is 10.3. The Bertz CT molecular complexity index is 951. The molecule has 2 heterocycles. The predicted molar refractivity (Wildman–Crippen MR) is 91.9 cm³/mol. The molecule has 3 rings (SSSR count). The second-order valence-corrected chi connectivity index (χ2v) is 5.72.